The Morgan fingerprint density at radius 3 is 3.00 bits per heavy atom. The van der Waals surface area contributed by atoms with Crippen molar-refractivity contribution >= 4 is 17.0 Å². The van der Waals surface area contributed by atoms with E-state index in [9.17, 15) is 9.18 Å². The minimum absolute atomic E-state index is 0.0887. The normalized spacial score (nSPS) is 10.9. The molecule has 1 heterocycles. The van der Waals surface area contributed by atoms with Crippen LogP contribution in [0.1, 0.15) is 10.4 Å². The van der Waals surface area contributed by atoms with Crippen molar-refractivity contribution in [1.82, 2.24) is 9.55 Å². The second kappa shape index (κ2) is 4.50. The Hall–Kier alpha value is -1.95. The fourth-order valence-electron chi connectivity index (χ4n) is 1.61. The van der Waals surface area contributed by atoms with Gasteiger partial charge >= 0.3 is 5.97 Å². The highest BCUT2D eigenvalue weighted by atomic mass is 19.1. The van der Waals surface area contributed by atoms with Crippen LogP contribution >= 0.6 is 0 Å². The number of carboxylic acids is 1. The summed E-state index contributed by atoms with van der Waals surface area (Å²) in [5.41, 5.74) is 0.541. The predicted octanol–water partition coefficient (Wildman–Crippen LogP) is 1.52. The first kappa shape index (κ1) is 11.5. The summed E-state index contributed by atoms with van der Waals surface area (Å²) in [4.78, 5) is 14.7. The molecule has 0 amide bonds. The van der Waals surface area contributed by atoms with Gasteiger partial charge in [-0.25, -0.2) is 14.2 Å². The fraction of sp³-hybridized carbons (Fsp3) is 0.273. The van der Waals surface area contributed by atoms with Gasteiger partial charge in [-0.05, 0) is 12.1 Å². The van der Waals surface area contributed by atoms with Crippen molar-refractivity contribution in [3.05, 3.63) is 29.8 Å². The summed E-state index contributed by atoms with van der Waals surface area (Å²) in [6, 6.07) is 2.38. The van der Waals surface area contributed by atoms with Gasteiger partial charge in [-0.1, -0.05) is 0 Å². The number of carbonyl (C=O) groups is 1. The van der Waals surface area contributed by atoms with Gasteiger partial charge in [0, 0.05) is 13.7 Å². The van der Waals surface area contributed by atoms with E-state index in [2.05, 4.69) is 4.98 Å². The zero-order valence-electron chi connectivity index (χ0n) is 9.18. The molecule has 17 heavy (non-hydrogen) atoms. The number of hydrogen-bond acceptors (Lipinski definition) is 3. The molecule has 1 aromatic carbocycles. The molecule has 0 unspecified atom stereocenters. The largest absolute Gasteiger partial charge is 0.478 e. The van der Waals surface area contributed by atoms with Crippen molar-refractivity contribution < 1.29 is 19.0 Å². The Bertz CT molecular complexity index is 565. The molecular formula is C11H11FN2O3. The third-order valence-corrected chi connectivity index (χ3v) is 2.46. The highest BCUT2D eigenvalue weighted by Gasteiger charge is 2.13. The molecule has 1 N–H and O–H groups in total. The average Bonchev–Trinajstić information content (AvgIpc) is 2.70. The number of aromatic carboxylic acids is 1. The number of rotatable bonds is 4. The van der Waals surface area contributed by atoms with Crippen molar-refractivity contribution in [3.8, 4) is 0 Å². The molecule has 90 valence electrons. The van der Waals surface area contributed by atoms with Crippen LogP contribution in [0.3, 0.4) is 0 Å². The van der Waals surface area contributed by atoms with Crippen molar-refractivity contribution in [1.29, 1.82) is 0 Å². The molecule has 0 aliphatic rings. The molecule has 0 fully saturated rings. The van der Waals surface area contributed by atoms with E-state index in [0.29, 0.717) is 18.7 Å². The topological polar surface area (TPSA) is 64.4 Å². The molecule has 0 saturated heterocycles. The van der Waals surface area contributed by atoms with Crippen molar-refractivity contribution in [2.45, 2.75) is 6.54 Å². The number of carboxylic acid groups (broad SMARTS) is 1. The van der Waals surface area contributed by atoms with E-state index < -0.39 is 11.8 Å². The summed E-state index contributed by atoms with van der Waals surface area (Å²) < 4.78 is 20.1. The van der Waals surface area contributed by atoms with Crippen molar-refractivity contribution in [3.63, 3.8) is 0 Å². The van der Waals surface area contributed by atoms with E-state index in [-0.39, 0.29) is 11.1 Å². The van der Waals surface area contributed by atoms with Gasteiger partial charge in [0.25, 0.3) is 0 Å². The maximum absolute atomic E-state index is 13.6. The lowest BCUT2D eigenvalue weighted by Gasteiger charge is -2.04. The summed E-state index contributed by atoms with van der Waals surface area (Å²) >= 11 is 0. The predicted molar refractivity (Wildman–Crippen MR) is 58.5 cm³/mol. The SMILES string of the molecule is COCCn1cnc2c(F)cc(C(=O)O)cc21. The Labute approximate surface area is 96.4 Å². The van der Waals surface area contributed by atoms with Crippen LogP contribution in [0.4, 0.5) is 4.39 Å². The van der Waals surface area contributed by atoms with E-state index >= 15 is 0 Å². The summed E-state index contributed by atoms with van der Waals surface area (Å²) in [6.07, 6.45) is 1.47. The number of hydrogen-bond donors (Lipinski definition) is 1. The van der Waals surface area contributed by atoms with Crippen LogP contribution in [0.15, 0.2) is 18.5 Å². The lowest BCUT2D eigenvalue weighted by atomic mass is 10.2. The van der Waals surface area contributed by atoms with Gasteiger partial charge in [0.1, 0.15) is 5.52 Å². The number of fused-ring (bicyclic) bond motifs is 1. The maximum Gasteiger partial charge on any atom is 0.335 e. The lowest BCUT2D eigenvalue weighted by Crippen LogP contribution is -2.04. The maximum atomic E-state index is 13.6. The van der Waals surface area contributed by atoms with Crippen LogP contribution in [-0.4, -0.2) is 34.3 Å². The van der Waals surface area contributed by atoms with Crippen LogP contribution in [0.25, 0.3) is 11.0 Å². The van der Waals surface area contributed by atoms with Crippen LogP contribution in [0.2, 0.25) is 0 Å². The quantitative estimate of drug-likeness (QED) is 0.877. The first-order valence-corrected chi connectivity index (χ1v) is 5.00. The molecule has 0 bridgehead atoms. The Morgan fingerprint density at radius 2 is 2.35 bits per heavy atom. The van der Waals surface area contributed by atoms with E-state index in [4.69, 9.17) is 9.84 Å². The van der Waals surface area contributed by atoms with Crippen LogP contribution in [-0.2, 0) is 11.3 Å². The van der Waals surface area contributed by atoms with Gasteiger partial charge in [0.15, 0.2) is 5.82 Å². The summed E-state index contributed by atoms with van der Waals surface area (Å²) in [5.74, 6) is -1.79. The zero-order valence-corrected chi connectivity index (χ0v) is 9.18. The van der Waals surface area contributed by atoms with Crippen LogP contribution < -0.4 is 0 Å². The van der Waals surface area contributed by atoms with Crippen LogP contribution in [0, 0.1) is 5.82 Å². The molecular weight excluding hydrogens is 227 g/mol. The van der Waals surface area contributed by atoms with Gasteiger partial charge in [0.2, 0.25) is 0 Å². The summed E-state index contributed by atoms with van der Waals surface area (Å²) in [5, 5.41) is 8.85. The number of benzene rings is 1. The van der Waals surface area contributed by atoms with Gasteiger partial charge in [-0.15, -0.1) is 0 Å². The lowest BCUT2D eigenvalue weighted by molar-refractivity contribution is 0.0696. The molecule has 6 heteroatoms. The van der Waals surface area contributed by atoms with Gasteiger partial charge in [0.05, 0.1) is 24.0 Å². The molecule has 5 nitrogen and oxygen atoms in total. The zero-order chi connectivity index (χ0) is 12.4. The standard InChI is InChI=1S/C11H11FN2O3/c1-17-3-2-14-6-13-10-8(12)4-7(11(15)16)5-9(10)14/h4-6H,2-3H2,1H3,(H,15,16). The Balaban J connectivity index is 2.53. The number of ether oxygens (including phenoxy) is 1. The van der Waals surface area contributed by atoms with Gasteiger partial charge in [-0.2, -0.15) is 0 Å². The number of halogens is 1. The molecule has 0 spiro atoms. The molecule has 0 aliphatic carbocycles. The van der Waals surface area contributed by atoms with Gasteiger partial charge < -0.3 is 14.4 Å². The minimum atomic E-state index is -1.16. The first-order chi connectivity index (χ1) is 8.13. The highest BCUT2D eigenvalue weighted by molar-refractivity contribution is 5.92. The first-order valence-electron chi connectivity index (χ1n) is 5.00. The molecule has 2 aromatic rings. The van der Waals surface area contributed by atoms with E-state index in [1.165, 1.54) is 12.4 Å². The number of aromatic nitrogens is 2. The fourth-order valence-corrected chi connectivity index (χ4v) is 1.61. The van der Waals surface area contributed by atoms with Crippen LogP contribution in [0.5, 0.6) is 0 Å². The van der Waals surface area contributed by atoms with Crippen molar-refractivity contribution in [2.24, 2.45) is 0 Å². The minimum Gasteiger partial charge on any atom is -0.478 e. The monoisotopic (exact) mass is 238 g/mol. The molecule has 0 saturated carbocycles. The Kier molecular flexibility index (Phi) is 3.06. The van der Waals surface area contributed by atoms with E-state index in [0.717, 1.165) is 6.07 Å². The molecule has 2 rings (SSSR count). The number of methoxy groups -OCH3 is 1. The molecule has 0 aliphatic heterocycles. The summed E-state index contributed by atoms with van der Waals surface area (Å²) in [6.45, 7) is 0.944. The molecule has 0 atom stereocenters. The average molecular weight is 238 g/mol. The number of imidazole rings is 1. The van der Waals surface area contributed by atoms with E-state index in [1.807, 2.05) is 0 Å². The number of nitrogens with zero attached hydrogens (tertiary/aromatic N) is 2. The summed E-state index contributed by atoms with van der Waals surface area (Å²) in [7, 11) is 1.56. The third kappa shape index (κ3) is 2.12. The second-order valence-electron chi connectivity index (χ2n) is 3.56. The van der Waals surface area contributed by atoms with Gasteiger partial charge in [-0.3, -0.25) is 0 Å². The van der Waals surface area contributed by atoms with E-state index in [1.54, 1.807) is 11.7 Å². The second-order valence-corrected chi connectivity index (χ2v) is 3.56. The van der Waals surface area contributed by atoms with Crippen molar-refractivity contribution in [2.75, 3.05) is 13.7 Å². The Morgan fingerprint density at radius 1 is 1.59 bits per heavy atom. The molecule has 1 aromatic heterocycles. The smallest absolute Gasteiger partial charge is 0.335 e. The molecule has 0 radical (unpaired) electrons. The third-order valence-electron chi connectivity index (χ3n) is 2.46. The highest BCUT2D eigenvalue weighted by Crippen LogP contribution is 2.19.